The van der Waals surface area contributed by atoms with Crippen LogP contribution in [0.4, 0.5) is 0 Å². The van der Waals surface area contributed by atoms with Crippen LogP contribution in [-0.4, -0.2) is 49.7 Å². The number of carboxylic acids is 1. The lowest BCUT2D eigenvalue weighted by molar-refractivity contribution is -0.246. The molecule has 3 N–H and O–H groups in total. The number of carbonyl (C=O) groups is 1. The second-order valence-electron chi connectivity index (χ2n) is 15.5. The van der Waals surface area contributed by atoms with Crippen LogP contribution in [0.5, 0.6) is 0 Å². The molecule has 0 aliphatic heterocycles. The molecule has 0 saturated heterocycles. The highest BCUT2D eigenvalue weighted by molar-refractivity contribution is 7.81. The molecule has 5 saturated carbocycles. The minimum Gasteiger partial charge on any atom is -0.481 e. The van der Waals surface area contributed by atoms with Gasteiger partial charge in [0.15, 0.2) is 0 Å². The molecule has 12 heteroatoms. The van der Waals surface area contributed by atoms with E-state index in [-0.39, 0.29) is 46.5 Å². The molecule has 0 amide bonds. The summed E-state index contributed by atoms with van der Waals surface area (Å²) in [7, 11) is -9.22. The third-order valence-corrected chi connectivity index (χ3v) is 14.8. The molecule has 10 nitrogen and oxygen atoms in total. The van der Waals surface area contributed by atoms with Gasteiger partial charge < -0.3 is 5.11 Å². The highest BCUT2D eigenvalue weighted by Gasteiger charge is 2.72. The maximum absolute atomic E-state index is 13.0. The standard InChI is InChI=1S/C30H48O10S2/c1-18(17-39-41(33,34)35)19-9-14-30(25(31)32)16-15-28(5)20(24(19)30)7-8-22-27(4)12-11-23(40-42(36,37)38)26(2,3)21(27)10-13-29(22,28)6/h19-24H,1,7-17H2,2-6H3,(H,31,32)(H,33,34,35)(H,36,37,38)/t19-,20?,21?,22?,23-,24?,27-,28+,29+,30-/m0/s1. The first-order valence-electron chi connectivity index (χ1n) is 15.3. The molecule has 5 aliphatic rings. The maximum Gasteiger partial charge on any atom is 0.397 e. The van der Waals surface area contributed by atoms with Crippen molar-refractivity contribution in [3.05, 3.63) is 12.2 Å². The average molecular weight is 633 g/mol. The third-order valence-electron chi connectivity index (χ3n) is 14.0. The van der Waals surface area contributed by atoms with Gasteiger partial charge in [0.1, 0.15) is 0 Å². The van der Waals surface area contributed by atoms with E-state index >= 15 is 0 Å². The Morgan fingerprint density at radius 2 is 1.48 bits per heavy atom. The molecule has 0 spiro atoms. The third kappa shape index (κ3) is 4.73. The van der Waals surface area contributed by atoms with Crippen molar-refractivity contribution in [2.45, 2.75) is 105 Å². The Bertz CT molecular complexity index is 1360. The molecule has 0 bridgehead atoms. The van der Waals surface area contributed by atoms with E-state index in [4.69, 9.17) is 12.9 Å². The van der Waals surface area contributed by atoms with Crippen molar-refractivity contribution in [1.29, 1.82) is 0 Å². The van der Waals surface area contributed by atoms with Crippen LogP contribution in [0.2, 0.25) is 0 Å². The quantitative estimate of drug-likeness (QED) is 0.234. The number of fused-ring (bicyclic) bond motifs is 7. The van der Waals surface area contributed by atoms with Crippen molar-refractivity contribution < 1.29 is 44.2 Å². The fraction of sp³-hybridized carbons (Fsp3) is 0.900. The molecule has 0 aromatic carbocycles. The Kier molecular flexibility index (Phi) is 7.68. The number of aliphatic carboxylic acids is 1. The second-order valence-corrected chi connectivity index (χ2v) is 17.7. The summed E-state index contributed by atoms with van der Waals surface area (Å²) in [4.78, 5) is 13.0. The van der Waals surface area contributed by atoms with Crippen LogP contribution in [0, 0.1) is 56.7 Å². The summed E-state index contributed by atoms with van der Waals surface area (Å²) in [6.45, 7) is 15.0. The van der Waals surface area contributed by atoms with Gasteiger partial charge in [-0.2, -0.15) is 16.8 Å². The summed E-state index contributed by atoms with van der Waals surface area (Å²) in [6.07, 6.45) is 6.79. The minimum absolute atomic E-state index is 0.0765. The van der Waals surface area contributed by atoms with E-state index < -0.39 is 43.7 Å². The summed E-state index contributed by atoms with van der Waals surface area (Å²) in [5.41, 5.74) is -1.16. The molecule has 10 atom stereocenters. The SMILES string of the molecule is C=C(COS(=O)(=O)O)[C@@H]1CC[C@]2(C(=O)O)CC[C@]3(C)C(CCC4[C@@]5(C)CC[C@H](OS(=O)(=O)O)C(C)(C)C5CC[C@]43C)C12. The van der Waals surface area contributed by atoms with E-state index in [1.165, 1.54) is 0 Å². The van der Waals surface area contributed by atoms with Gasteiger partial charge in [0.25, 0.3) is 0 Å². The molecular weight excluding hydrogens is 584 g/mol. The predicted molar refractivity (Wildman–Crippen MR) is 155 cm³/mol. The van der Waals surface area contributed by atoms with Crippen LogP contribution in [-0.2, 0) is 34.0 Å². The van der Waals surface area contributed by atoms with Crippen molar-refractivity contribution in [3.63, 3.8) is 0 Å². The molecule has 42 heavy (non-hydrogen) atoms. The lowest BCUT2D eigenvalue weighted by Gasteiger charge is -2.72. The lowest BCUT2D eigenvalue weighted by Crippen LogP contribution is -2.67. The highest BCUT2D eigenvalue weighted by Crippen LogP contribution is 2.77. The Hall–Kier alpha value is -1.05. The lowest BCUT2D eigenvalue weighted by atomic mass is 9.32. The minimum atomic E-state index is -4.65. The first-order valence-corrected chi connectivity index (χ1v) is 18.0. The maximum atomic E-state index is 13.0. The number of hydrogen-bond donors (Lipinski definition) is 3. The van der Waals surface area contributed by atoms with Crippen LogP contribution in [0.1, 0.15) is 98.8 Å². The topological polar surface area (TPSA) is 164 Å². The van der Waals surface area contributed by atoms with Gasteiger partial charge in [0.05, 0.1) is 18.1 Å². The van der Waals surface area contributed by atoms with Gasteiger partial charge in [-0.1, -0.05) is 41.2 Å². The summed E-state index contributed by atoms with van der Waals surface area (Å²) in [5, 5.41) is 10.6. The number of carboxylic acid groups (broad SMARTS) is 1. The Labute approximate surface area is 250 Å². The number of rotatable bonds is 7. The van der Waals surface area contributed by atoms with Gasteiger partial charge in [-0.15, -0.1) is 0 Å². The van der Waals surface area contributed by atoms with E-state index in [9.17, 15) is 31.3 Å². The van der Waals surface area contributed by atoms with Crippen LogP contribution in [0.15, 0.2) is 12.2 Å². The summed E-state index contributed by atoms with van der Waals surface area (Å²) in [6, 6.07) is 0. The van der Waals surface area contributed by atoms with Crippen LogP contribution in [0.25, 0.3) is 0 Å². The van der Waals surface area contributed by atoms with Crippen molar-refractivity contribution in [1.82, 2.24) is 0 Å². The van der Waals surface area contributed by atoms with Gasteiger partial charge >= 0.3 is 26.8 Å². The Morgan fingerprint density at radius 1 is 0.810 bits per heavy atom. The monoisotopic (exact) mass is 632 g/mol. The van der Waals surface area contributed by atoms with E-state index in [0.29, 0.717) is 37.2 Å². The van der Waals surface area contributed by atoms with Crippen LogP contribution >= 0.6 is 0 Å². The molecule has 0 heterocycles. The zero-order valence-electron chi connectivity index (χ0n) is 25.5. The molecular formula is C30H48O10S2. The predicted octanol–water partition coefficient (Wildman–Crippen LogP) is 5.72. The molecule has 0 aromatic heterocycles. The molecule has 5 rings (SSSR count). The average Bonchev–Trinajstić information content (AvgIpc) is 3.25. The van der Waals surface area contributed by atoms with E-state index in [1.54, 1.807) is 0 Å². The van der Waals surface area contributed by atoms with Gasteiger partial charge in [-0.3, -0.25) is 13.9 Å². The second kappa shape index (κ2) is 9.97. The zero-order valence-corrected chi connectivity index (χ0v) is 27.1. The highest BCUT2D eigenvalue weighted by atomic mass is 32.3. The normalized spacial score (nSPS) is 46.5. The summed E-state index contributed by atoms with van der Waals surface area (Å²) in [5.74, 6) is -0.564. The zero-order chi connectivity index (χ0) is 31.3. The summed E-state index contributed by atoms with van der Waals surface area (Å²) < 4.78 is 74.5. The van der Waals surface area contributed by atoms with Crippen molar-refractivity contribution in [3.8, 4) is 0 Å². The Balaban J connectivity index is 1.49. The Morgan fingerprint density at radius 3 is 2.07 bits per heavy atom. The first kappa shape index (κ1) is 32.3. The molecule has 0 aromatic rings. The molecule has 0 radical (unpaired) electrons. The largest absolute Gasteiger partial charge is 0.481 e. The fourth-order valence-electron chi connectivity index (χ4n) is 12.0. The fourth-order valence-corrected chi connectivity index (χ4v) is 12.9. The van der Waals surface area contributed by atoms with Crippen molar-refractivity contribution in [2.75, 3.05) is 6.61 Å². The van der Waals surface area contributed by atoms with Crippen molar-refractivity contribution in [2.24, 2.45) is 56.7 Å². The number of hydrogen-bond acceptors (Lipinski definition) is 7. The van der Waals surface area contributed by atoms with E-state index in [1.807, 2.05) is 0 Å². The van der Waals surface area contributed by atoms with E-state index in [2.05, 4.69) is 41.2 Å². The molecule has 4 unspecified atom stereocenters. The van der Waals surface area contributed by atoms with E-state index in [0.717, 1.165) is 38.5 Å². The first-order chi connectivity index (χ1) is 19.1. The van der Waals surface area contributed by atoms with Gasteiger partial charge in [0.2, 0.25) is 0 Å². The molecule has 240 valence electrons. The molecule has 5 aliphatic carbocycles. The molecule has 5 fully saturated rings. The van der Waals surface area contributed by atoms with Crippen LogP contribution < -0.4 is 0 Å². The van der Waals surface area contributed by atoms with Crippen LogP contribution in [0.3, 0.4) is 0 Å². The van der Waals surface area contributed by atoms with Gasteiger partial charge in [-0.05, 0) is 121 Å². The smallest absolute Gasteiger partial charge is 0.397 e. The van der Waals surface area contributed by atoms with Crippen molar-refractivity contribution >= 4 is 26.8 Å². The van der Waals surface area contributed by atoms with Gasteiger partial charge in [-0.25, -0.2) is 8.37 Å². The van der Waals surface area contributed by atoms with Gasteiger partial charge in [0, 0.05) is 0 Å². The summed E-state index contributed by atoms with van der Waals surface area (Å²) >= 11 is 0.